The predicted molar refractivity (Wildman–Crippen MR) is 125 cm³/mol. The second-order valence-corrected chi connectivity index (χ2v) is 7.95. The fourth-order valence-electron chi connectivity index (χ4n) is 3.75. The van der Waals surface area contributed by atoms with Crippen LogP contribution < -0.4 is 19.5 Å². The van der Waals surface area contributed by atoms with Gasteiger partial charge in [-0.05, 0) is 43.2 Å². The Morgan fingerprint density at radius 1 is 1.03 bits per heavy atom. The molecule has 0 aromatic heterocycles. The molecule has 2 aromatic rings. The molecular formula is C25H30N2O7. The van der Waals surface area contributed by atoms with Crippen LogP contribution in [0.25, 0.3) is 0 Å². The number of hydrogen-bond acceptors (Lipinski definition) is 7. The molecule has 2 amide bonds. The van der Waals surface area contributed by atoms with E-state index in [2.05, 4.69) is 5.32 Å². The Morgan fingerprint density at radius 2 is 1.74 bits per heavy atom. The third-order valence-electron chi connectivity index (χ3n) is 5.69. The minimum atomic E-state index is -1.02. The lowest BCUT2D eigenvalue weighted by Gasteiger charge is -2.18. The van der Waals surface area contributed by atoms with Gasteiger partial charge in [-0.25, -0.2) is 0 Å². The number of hydrogen-bond donors (Lipinski definition) is 1. The van der Waals surface area contributed by atoms with Crippen molar-refractivity contribution < 1.29 is 33.3 Å². The number of carbonyl (C=O) groups excluding carboxylic acids is 3. The van der Waals surface area contributed by atoms with Crippen LogP contribution in [-0.4, -0.2) is 63.2 Å². The van der Waals surface area contributed by atoms with Gasteiger partial charge in [-0.3, -0.25) is 14.4 Å². The van der Waals surface area contributed by atoms with E-state index in [1.807, 2.05) is 18.2 Å². The van der Waals surface area contributed by atoms with Gasteiger partial charge in [-0.1, -0.05) is 18.2 Å². The highest BCUT2D eigenvalue weighted by molar-refractivity contribution is 5.96. The number of anilines is 1. The summed E-state index contributed by atoms with van der Waals surface area (Å²) in [6.07, 6.45) is -0.356. The van der Waals surface area contributed by atoms with Crippen molar-refractivity contribution in [1.82, 2.24) is 4.90 Å². The van der Waals surface area contributed by atoms with Crippen LogP contribution in [0.3, 0.4) is 0 Å². The maximum atomic E-state index is 12.6. The van der Waals surface area contributed by atoms with E-state index in [0.717, 1.165) is 5.56 Å². The summed E-state index contributed by atoms with van der Waals surface area (Å²) in [7, 11) is 4.64. The standard InChI is InChI=1S/C25H30N2O7/c1-16(24(29)26-19-7-5-6-8-20(19)31-2)34-25(30)18-14-23(28)27(15-18)12-11-17-9-10-21(32-3)22(13-17)33-4/h5-10,13,16,18H,11-12,14-15H2,1-4H3,(H,26,29)/t16-,18+/m1/s1. The van der Waals surface area contributed by atoms with Gasteiger partial charge in [-0.2, -0.15) is 0 Å². The summed E-state index contributed by atoms with van der Waals surface area (Å²) in [4.78, 5) is 39.2. The summed E-state index contributed by atoms with van der Waals surface area (Å²) in [6, 6.07) is 12.5. The number of amides is 2. The molecular weight excluding hydrogens is 440 g/mol. The maximum absolute atomic E-state index is 12.6. The molecule has 0 saturated carbocycles. The topological polar surface area (TPSA) is 103 Å². The SMILES string of the molecule is COc1ccccc1NC(=O)[C@@H](C)OC(=O)[C@H]1CC(=O)N(CCc2ccc(OC)c(OC)c2)C1. The van der Waals surface area contributed by atoms with E-state index in [9.17, 15) is 14.4 Å². The van der Waals surface area contributed by atoms with E-state index in [0.29, 0.717) is 35.9 Å². The third kappa shape index (κ3) is 5.98. The van der Waals surface area contributed by atoms with E-state index in [1.165, 1.54) is 14.0 Å². The molecule has 182 valence electrons. The minimum Gasteiger partial charge on any atom is -0.495 e. The molecule has 0 bridgehead atoms. The predicted octanol–water partition coefficient (Wildman–Crippen LogP) is 2.67. The van der Waals surface area contributed by atoms with Crippen molar-refractivity contribution in [2.24, 2.45) is 5.92 Å². The highest BCUT2D eigenvalue weighted by Gasteiger charge is 2.36. The number of esters is 1. The zero-order valence-electron chi connectivity index (χ0n) is 19.8. The average Bonchev–Trinajstić information content (AvgIpc) is 3.23. The monoisotopic (exact) mass is 470 g/mol. The molecule has 1 N–H and O–H groups in total. The lowest BCUT2D eigenvalue weighted by atomic mass is 10.1. The van der Waals surface area contributed by atoms with E-state index >= 15 is 0 Å². The van der Waals surface area contributed by atoms with E-state index in [1.54, 1.807) is 43.4 Å². The van der Waals surface area contributed by atoms with Gasteiger partial charge >= 0.3 is 5.97 Å². The van der Waals surface area contributed by atoms with Crippen molar-refractivity contribution in [3.63, 3.8) is 0 Å². The van der Waals surface area contributed by atoms with Gasteiger partial charge in [0.1, 0.15) is 5.75 Å². The van der Waals surface area contributed by atoms with Crippen molar-refractivity contribution in [3.05, 3.63) is 48.0 Å². The van der Waals surface area contributed by atoms with Crippen LogP contribution in [0.2, 0.25) is 0 Å². The van der Waals surface area contributed by atoms with Crippen molar-refractivity contribution in [3.8, 4) is 17.2 Å². The van der Waals surface area contributed by atoms with Gasteiger partial charge in [0.05, 0.1) is 32.9 Å². The molecule has 1 fully saturated rings. The first-order chi connectivity index (χ1) is 16.4. The van der Waals surface area contributed by atoms with Crippen molar-refractivity contribution >= 4 is 23.5 Å². The Morgan fingerprint density at radius 3 is 2.44 bits per heavy atom. The summed E-state index contributed by atoms with van der Waals surface area (Å²) in [5.41, 5.74) is 1.47. The van der Waals surface area contributed by atoms with Gasteiger partial charge < -0.3 is 29.2 Å². The van der Waals surface area contributed by atoms with Gasteiger partial charge in [0, 0.05) is 19.5 Å². The van der Waals surface area contributed by atoms with Crippen LogP contribution in [0.1, 0.15) is 18.9 Å². The Kier molecular flexibility index (Phi) is 8.34. The highest BCUT2D eigenvalue weighted by atomic mass is 16.5. The minimum absolute atomic E-state index is 0.0611. The van der Waals surface area contributed by atoms with Crippen LogP contribution in [-0.2, 0) is 25.5 Å². The van der Waals surface area contributed by atoms with Crippen LogP contribution in [0.4, 0.5) is 5.69 Å². The lowest BCUT2D eigenvalue weighted by Crippen LogP contribution is -2.33. The maximum Gasteiger partial charge on any atom is 0.312 e. The van der Waals surface area contributed by atoms with Crippen molar-refractivity contribution in [2.45, 2.75) is 25.9 Å². The molecule has 0 unspecified atom stereocenters. The van der Waals surface area contributed by atoms with Gasteiger partial charge in [-0.15, -0.1) is 0 Å². The summed E-state index contributed by atoms with van der Waals surface area (Å²) in [5, 5.41) is 2.69. The summed E-state index contributed by atoms with van der Waals surface area (Å²) in [6.45, 7) is 2.21. The fourth-order valence-corrected chi connectivity index (χ4v) is 3.75. The number of likely N-dealkylation sites (tertiary alicyclic amines) is 1. The molecule has 0 aliphatic carbocycles. The highest BCUT2D eigenvalue weighted by Crippen LogP contribution is 2.28. The Bertz CT molecular complexity index is 1040. The normalized spacial score (nSPS) is 16.1. The third-order valence-corrected chi connectivity index (χ3v) is 5.69. The van der Waals surface area contributed by atoms with Crippen LogP contribution in [0.15, 0.2) is 42.5 Å². The number of benzene rings is 2. The molecule has 9 nitrogen and oxygen atoms in total. The van der Waals surface area contributed by atoms with E-state index < -0.39 is 23.9 Å². The smallest absolute Gasteiger partial charge is 0.312 e. The summed E-state index contributed by atoms with van der Waals surface area (Å²) >= 11 is 0. The molecule has 34 heavy (non-hydrogen) atoms. The van der Waals surface area contributed by atoms with E-state index in [4.69, 9.17) is 18.9 Å². The van der Waals surface area contributed by atoms with Crippen molar-refractivity contribution in [2.75, 3.05) is 39.7 Å². The number of ether oxygens (including phenoxy) is 4. The first kappa shape index (κ1) is 24.9. The molecule has 1 aliphatic heterocycles. The molecule has 9 heteroatoms. The Hall–Kier alpha value is -3.75. The van der Waals surface area contributed by atoms with Gasteiger partial charge in [0.15, 0.2) is 17.6 Å². The molecule has 1 aliphatic rings. The fraction of sp³-hybridized carbons (Fsp3) is 0.400. The largest absolute Gasteiger partial charge is 0.495 e. The molecule has 0 spiro atoms. The van der Waals surface area contributed by atoms with Gasteiger partial charge in [0.2, 0.25) is 5.91 Å². The molecule has 0 radical (unpaired) electrons. The quantitative estimate of drug-likeness (QED) is 0.533. The van der Waals surface area contributed by atoms with E-state index in [-0.39, 0.29) is 18.9 Å². The Labute approximate surface area is 198 Å². The molecule has 2 atom stereocenters. The molecule has 2 aromatic carbocycles. The second kappa shape index (κ2) is 11.4. The van der Waals surface area contributed by atoms with Crippen LogP contribution >= 0.6 is 0 Å². The number of nitrogens with zero attached hydrogens (tertiary/aromatic N) is 1. The number of para-hydroxylation sites is 2. The molecule has 3 rings (SSSR count). The zero-order chi connectivity index (χ0) is 24.7. The number of nitrogens with one attached hydrogen (secondary N) is 1. The van der Waals surface area contributed by atoms with Gasteiger partial charge in [0.25, 0.3) is 5.91 Å². The molecule has 1 saturated heterocycles. The average molecular weight is 471 g/mol. The van der Waals surface area contributed by atoms with Crippen LogP contribution in [0, 0.1) is 5.92 Å². The van der Waals surface area contributed by atoms with Crippen molar-refractivity contribution in [1.29, 1.82) is 0 Å². The summed E-state index contributed by atoms with van der Waals surface area (Å²) in [5.74, 6) is -0.0178. The number of methoxy groups -OCH3 is 3. The van der Waals surface area contributed by atoms with Crippen LogP contribution in [0.5, 0.6) is 17.2 Å². The number of carbonyl (C=O) groups is 3. The summed E-state index contributed by atoms with van der Waals surface area (Å²) < 4.78 is 21.1. The number of rotatable bonds is 10. The first-order valence-corrected chi connectivity index (χ1v) is 11.0. The Balaban J connectivity index is 1.51. The molecule has 1 heterocycles. The zero-order valence-corrected chi connectivity index (χ0v) is 19.8. The lowest BCUT2D eigenvalue weighted by molar-refractivity contribution is -0.157. The first-order valence-electron chi connectivity index (χ1n) is 11.0. The second-order valence-electron chi connectivity index (χ2n) is 7.95.